The van der Waals surface area contributed by atoms with Gasteiger partial charge < -0.3 is 5.11 Å². The van der Waals surface area contributed by atoms with E-state index in [1.54, 1.807) is 0 Å². The molecule has 0 bridgehead atoms. The van der Waals surface area contributed by atoms with Crippen LogP contribution in [0, 0.1) is 0 Å². The Morgan fingerprint density at radius 3 is 0.744 bits per heavy atom. The second-order valence-electron chi connectivity index (χ2n) is 14.5. The minimum atomic E-state index is -0.581. The molecule has 0 rings (SSSR count). The van der Waals surface area contributed by atoms with E-state index in [-0.39, 0.29) is 0 Å². The van der Waals surface area contributed by atoms with E-state index in [9.17, 15) is 5.11 Å². The lowest BCUT2D eigenvalue weighted by Gasteiger charge is -2.38. The summed E-state index contributed by atoms with van der Waals surface area (Å²) < 4.78 is 0. The summed E-state index contributed by atoms with van der Waals surface area (Å²) in [4.78, 5) is 2.27. The fourth-order valence-corrected chi connectivity index (χ4v) is 6.96. The molecule has 0 aliphatic rings. The molecule has 0 fully saturated rings. The zero-order chi connectivity index (χ0) is 31.5. The van der Waals surface area contributed by atoms with Crippen molar-refractivity contribution in [1.29, 1.82) is 0 Å². The van der Waals surface area contributed by atoms with E-state index in [4.69, 9.17) is 0 Å². The van der Waals surface area contributed by atoms with Crippen LogP contribution in [-0.2, 0) is 0 Å². The Bertz CT molecular complexity index is 470. The summed E-state index contributed by atoms with van der Waals surface area (Å²) in [5.41, 5.74) is -0.581. The molecule has 1 N–H and O–H groups in total. The normalized spacial score (nSPS) is 12.1. The van der Waals surface area contributed by atoms with Gasteiger partial charge in [0.25, 0.3) is 0 Å². The van der Waals surface area contributed by atoms with Crippen molar-refractivity contribution in [2.75, 3.05) is 13.6 Å². The van der Waals surface area contributed by atoms with E-state index in [2.05, 4.69) is 32.7 Å². The molecule has 0 aromatic heterocycles. The van der Waals surface area contributed by atoms with Gasteiger partial charge in [0.1, 0.15) is 5.72 Å². The number of hydrogen-bond acceptors (Lipinski definition) is 2. The van der Waals surface area contributed by atoms with Crippen LogP contribution < -0.4 is 0 Å². The zero-order valence-electron chi connectivity index (χ0n) is 30.9. The molecule has 0 aliphatic carbocycles. The van der Waals surface area contributed by atoms with Crippen molar-refractivity contribution in [2.45, 2.75) is 251 Å². The molecule has 0 amide bonds. The van der Waals surface area contributed by atoms with Gasteiger partial charge in [-0.2, -0.15) is 0 Å². The molecule has 0 unspecified atom stereocenters. The molecule has 260 valence electrons. The van der Waals surface area contributed by atoms with Crippen molar-refractivity contribution in [3.05, 3.63) is 0 Å². The monoisotopic (exact) mass is 608 g/mol. The van der Waals surface area contributed by atoms with Gasteiger partial charge in [0.2, 0.25) is 0 Å². The largest absolute Gasteiger partial charge is 0.376 e. The highest BCUT2D eigenvalue weighted by Crippen LogP contribution is 2.27. The predicted octanol–water partition coefficient (Wildman–Crippen LogP) is 14.3. The van der Waals surface area contributed by atoms with Gasteiger partial charge in [0.15, 0.2) is 0 Å². The second-order valence-corrected chi connectivity index (χ2v) is 14.5. The lowest BCUT2D eigenvalue weighted by Crippen LogP contribution is -2.46. The van der Waals surface area contributed by atoms with Crippen molar-refractivity contribution in [2.24, 2.45) is 0 Å². The second kappa shape index (κ2) is 34.8. The molecule has 0 radical (unpaired) electrons. The third-order valence-corrected chi connectivity index (χ3v) is 10.1. The van der Waals surface area contributed by atoms with Gasteiger partial charge in [-0.3, -0.25) is 4.90 Å². The summed E-state index contributed by atoms with van der Waals surface area (Å²) >= 11 is 0. The first-order valence-electron chi connectivity index (χ1n) is 20.5. The average molecular weight is 608 g/mol. The van der Waals surface area contributed by atoms with Gasteiger partial charge in [0.05, 0.1) is 0 Å². The number of nitrogens with zero attached hydrogens (tertiary/aromatic N) is 1. The Morgan fingerprint density at radius 2 is 0.535 bits per heavy atom. The summed E-state index contributed by atoms with van der Waals surface area (Å²) in [5.74, 6) is 0. The summed E-state index contributed by atoms with van der Waals surface area (Å²) in [7, 11) is 2.16. The Morgan fingerprint density at radius 1 is 0.326 bits per heavy atom. The van der Waals surface area contributed by atoms with Crippen molar-refractivity contribution >= 4 is 0 Å². The maximum atomic E-state index is 11.6. The van der Waals surface area contributed by atoms with Gasteiger partial charge >= 0.3 is 0 Å². The lowest BCUT2D eigenvalue weighted by molar-refractivity contribution is -0.110. The minimum absolute atomic E-state index is 0.581. The molecular weight excluding hydrogens is 522 g/mol. The van der Waals surface area contributed by atoms with Crippen LogP contribution in [0.5, 0.6) is 0 Å². The number of hydrogen-bond donors (Lipinski definition) is 1. The molecule has 2 nitrogen and oxygen atoms in total. The predicted molar refractivity (Wildman–Crippen MR) is 196 cm³/mol. The van der Waals surface area contributed by atoms with Crippen LogP contribution in [-0.4, -0.2) is 29.3 Å². The molecule has 0 saturated carbocycles. The summed E-state index contributed by atoms with van der Waals surface area (Å²) in [6.07, 6.45) is 48.0. The summed E-state index contributed by atoms with van der Waals surface area (Å²) in [6.45, 7) is 7.85. The van der Waals surface area contributed by atoms with Crippen LogP contribution in [0.3, 0.4) is 0 Å². The quantitative estimate of drug-likeness (QED) is 0.0561. The number of unbranched alkanes of at least 4 members (excludes halogenated alkanes) is 30. The van der Waals surface area contributed by atoms with Gasteiger partial charge in [-0.1, -0.05) is 213 Å². The SMILES string of the molecule is CCCCCCCCCCCCCCCCCCC(O)(CCCCCCCCCCCCCCCCCC)N(C)CCC. The smallest absolute Gasteiger partial charge is 0.118 e. The Kier molecular flexibility index (Phi) is 34.7. The van der Waals surface area contributed by atoms with E-state index in [1.807, 2.05) is 0 Å². The topological polar surface area (TPSA) is 23.5 Å². The van der Waals surface area contributed by atoms with E-state index in [0.717, 1.165) is 25.8 Å². The lowest BCUT2D eigenvalue weighted by atomic mass is 9.95. The highest BCUT2D eigenvalue weighted by atomic mass is 16.3. The van der Waals surface area contributed by atoms with Gasteiger partial charge in [-0.05, 0) is 39.2 Å². The number of aliphatic hydroxyl groups is 1. The molecule has 43 heavy (non-hydrogen) atoms. The fraction of sp³-hybridized carbons (Fsp3) is 1.00. The third-order valence-electron chi connectivity index (χ3n) is 10.1. The van der Waals surface area contributed by atoms with Crippen molar-refractivity contribution in [3.8, 4) is 0 Å². The molecule has 0 saturated heterocycles. The maximum Gasteiger partial charge on any atom is 0.118 e. The van der Waals surface area contributed by atoms with Crippen LogP contribution in [0.15, 0.2) is 0 Å². The average Bonchev–Trinajstić information content (AvgIpc) is 3.00. The molecule has 0 aromatic rings. The van der Waals surface area contributed by atoms with Crippen LogP contribution in [0.25, 0.3) is 0 Å². The zero-order valence-corrected chi connectivity index (χ0v) is 30.9. The third kappa shape index (κ3) is 30.3. The van der Waals surface area contributed by atoms with Crippen molar-refractivity contribution in [1.82, 2.24) is 4.90 Å². The van der Waals surface area contributed by atoms with E-state index < -0.39 is 5.72 Å². The minimum Gasteiger partial charge on any atom is -0.376 e. The fourth-order valence-electron chi connectivity index (χ4n) is 6.96. The standard InChI is InChI=1S/C41H85NO/c1-5-8-10-12-14-16-18-20-22-24-26-28-30-32-34-36-38-41(43,42(4)40-7-3)39-37-35-33-31-29-27-25-23-21-19-17-15-13-11-9-6-2/h43H,5-40H2,1-4H3. The van der Waals surface area contributed by atoms with Crippen LogP contribution in [0.4, 0.5) is 0 Å². The van der Waals surface area contributed by atoms with Gasteiger partial charge in [-0.15, -0.1) is 0 Å². The van der Waals surface area contributed by atoms with Gasteiger partial charge in [-0.25, -0.2) is 0 Å². The van der Waals surface area contributed by atoms with Gasteiger partial charge in [0, 0.05) is 6.54 Å². The molecule has 0 heterocycles. The first-order chi connectivity index (χ1) is 21.1. The molecular formula is C41H85NO. The maximum absolute atomic E-state index is 11.6. The van der Waals surface area contributed by atoms with Crippen molar-refractivity contribution in [3.63, 3.8) is 0 Å². The van der Waals surface area contributed by atoms with E-state index in [1.165, 1.54) is 205 Å². The molecule has 0 atom stereocenters. The van der Waals surface area contributed by atoms with Crippen LogP contribution >= 0.6 is 0 Å². The molecule has 0 spiro atoms. The summed E-state index contributed by atoms with van der Waals surface area (Å²) in [5, 5.41) is 11.6. The van der Waals surface area contributed by atoms with Crippen LogP contribution in [0.1, 0.15) is 245 Å². The highest BCUT2D eigenvalue weighted by molar-refractivity contribution is 4.77. The molecule has 2 heteroatoms. The summed E-state index contributed by atoms with van der Waals surface area (Å²) in [6, 6.07) is 0. The van der Waals surface area contributed by atoms with E-state index >= 15 is 0 Å². The Hall–Kier alpha value is -0.0800. The Labute approximate surface area is 274 Å². The van der Waals surface area contributed by atoms with Crippen LogP contribution in [0.2, 0.25) is 0 Å². The van der Waals surface area contributed by atoms with E-state index in [0.29, 0.717) is 0 Å². The molecule has 0 aromatic carbocycles. The Balaban J connectivity index is 3.71. The first-order valence-corrected chi connectivity index (χ1v) is 20.5. The highest BCUT2D eigenvalue weighted by Gasteiger charge is 2.30. The number of rotatable bonds is 37. The van der Waals surface area contributed by atoms with Crippen molar-refractivity contribution < 1.29 is 5.11 Å². The first kappa shape index (κ1) is 42.9. The molecule has 0 aliphatic heterocycles.